The Balaban J connectivity index is 3.09. The van der Waals surface area contributed by atoms with E-state index >= 15 is 0 Å². The second-order valence-electron chi connectivity index (χ2n) is 7.03. The van der Waals surface area contributed by atoms with E-state index in [1.165, 1.54) is 24.3 Å². The topological polar surface area (TPSA) is 214 Å². The van der Waals surface area contributed by atoms with Gasteiger partial charge in [0, 0.05) is 17.9 Å². The van der Waals surface area contributed by atoms with E-state index < -0.39 is 60.2 Å². The van der Waals surface area contributed by atoms with Crippen LogP contribution >= 0.6 is 25.3 Å². The third-order valence-electron chi connectivity index (χ3n) is 4.38. The van der Waals surface area contributed by atoms with Gasteiger partial charge in [0.25, 0.3) is 0 Å². The smallest absolute Gasteiger partial charge is 0.327 e. The predicted octanol–water partition coefficient (Wildman–Crippen LogP) is -2.46. The number of primary amides is 1. The van der Waals surface area contributed by atoms with Crippen molar-refractivity contribution in [2.45, 2.75) is 37.0 Å². The summed E-state index contributed by atoms with van der Waals surface area (Å²) in [7, 11) is 0. The van der Waals surface area contributed by atoms with E-state index in [2.05, 4.69) is 41.2 Å². The molecule has 12 nitrogen and oxygen atoms in total. The molecule has 4 unspecified atom stereocenters. The molecule has 0 saturated carbocycles. The van der Waals surface area contributed by atoms with Crippen LogP contribution in [-0.2, 0) is 30.4 Å². The molecule has 0 aliphatic heterocycles. The largest absolute Gasteiger partial charge is 0.508 e. The number of nitrogens with one attached hydrogen (secondary N) is 3. The van der Waals surface area contributed by atoms with Crippen LogP contribution in [0, 0.1) is 0 Å². The van der Waals surface area contributed by atoms with E-state index in [-0.39, 0.29) is 23.7 Å². The molecule has 33 heavy (non-hydrogen) atoms. The molecule has 1 aromatic rings. The summed E-state index contributed by atoms with van der Waals surface area (Å²) >= 11 is 7.79. The molecule has 4 atom stereocenters. The monoisotopic (exact) mass is 501 g/mol. The molecule has 0 aliphatic rings. The minimum absolute atomic E-state index is 0.00347. The lowest BCUT2D eigenvalue weighted by molar-refractivity contribution is -0.141. The molecular formula is C19H27N5O7S2. The number of nitrogens with two attached hydrogens (primary N) is 2. The Morgan fingerprint density at radius 3 is 1.85 bits per heavy atom. The van der Waals surface area contributed by atoms with Crippen molar-refractivity contribution in [3.8, 4) is 5.75 Å². The first-order chi connectivity index (χ1) is 15.5. The van der Waals surface area contributed by atoms with Crippen LogP contribution < -0.4 is 27.4 Å². The van der Waals surface area contributed by atoms with Crippen molar-refractivity contribution in [3.05, 3.63) is 29.8 Å². The number of rotatable bonds is 13. The van der Waals surface area contributed by atoms with E-state index in [9.17, 15) is 29.1 Å². The highest BCUT2D eigenvalue weighted by Crippen LogP contribution is 2.12. The van der Waals surface area contributed by atoms with Gasteiger partial charge in [-0.2, -0.15) is 25.3 Å². The second-order valence-corrected chi connectivity index (χ2v) is 7.76. The number of hydrogen-bond donors (Lipinski definition) is 9. The molecule has 0 radical (unpaired) electrons. The first-order valence-electron chi connectivity index (χ1n) is 9.65. The highest BCUT2D eigenvalue weighted by molar-refractivity contribution is 7.80. The van der Waals surface area contributed by atoms with E-state index in [0.717, 1.165) is 0 Å². The Bertz CT molecular complexity index is 869. The van der Waals surface area contributed by atoms with Crippen molar-refractivity contribution < 1.29 is 34.2 Å². The Morgan fingerprint density at radius 2 is 1.36 bits per heavy atom. The quantitative estimate of drug-likeness (QED) is 0.132. The second kappa shape index (κ2) is 13.5. The summed E-state index contributed by atoms with van der Waals surface area (Å²) in [5, 5.41) is 25.5. The van der Waals surface area contributed by atoms with Gasteiger partial charge in [0.2, 0.25) is 23.6 Å². The van der Waals surface area contributed by atoms with Crippen LogP contribution in [0.25, 0.3) is 0 Å². The number of phenolic OH excluding ortho intramolecular Hbond substituents is 1. The van der Waals surface area contributed by atoms with Crippen LogP contribution in [0.3, 0.4) is 0 Å². The summed E-state index contributed by atoms with van der Waals surface area (Å²) in [5.74, 6) is -5.01. The first kappa shape index (κ1) is 28.1. The molecule has 0 aliphatic carbocycles. The fraction of sp³-hybridized carbons (Fsp3) is 0.421. The van der Waals surface area contributed by atoms with Crippen LogP contribution in [0.15, 0.2) is 24.3 Å². The Kier molecular flexibility index (Phi) is 11.5. The minimum atomic E-state index is -1.51. The van der Waals surface area contributed by atoms with Crippen molar-refractivity contribution >= 4 is 54.9 Å². The lowest BCUT2D eigenvalue weighted by atomic mass is 10.0. The van der Waals surface area contributed by atoms with Crippen molar-refractivity contribution in [3.63, 3.8) is 0 Å². The van der Waals surface area contributed by atoms with Crippen molar-refractivity contribution in [1.29, 1.82) is 0 Å². The maximum Gasteiger partial charge on any atom is 0.327 e. The molecule has 0 aromatic heterocycles. The third kappa shape index (κ3) is 9.59. The van der Waals surface area contributed by atoms with Gasteiger partial charge in [0.05, 0.1) is 12.5 Å². The molecule has 9 N–H and O–H groups in total. The van der Waals surface area contributed by atoms with Crippen LogP contribution in [0.1, 0.15) is 12.0 Å². The number of carbonyl (C=O) groups excluding carboxylic acids is 4. The normalized spacial score (nSPS) is 14.3. The Labute approximate surface area is 200 Å². The molecule has 0 heterocycles. The molecule has 0 fully saturated rings. The van der Waals surface area contributed by atoms with Gasteiger partial charge in [0.1, 0.15) is 23.9 Å². The standard InChI is InChI=1S/C19H27N5O7S2/c20-11(7-32)16(27)22-12(5-9-1-3-10(25)4-2-9)17(28)23-13(6-15(21)26)18(29)24-14(8-33)19(30)31/h1-4,11-14,25,32-33H,5-8,20H2,(H2,21,26)(H,22,27)(H,23,28)(H,24,29)(H,30,31). The number of amides is 4. The van der Waals surface area contributed by atoms with Gasteiger partial charge >= 0.3 is 5.97 Å². The fourth-order valence-electron chi connectivity index (χ4n) is 2.58. The van der Waals surface area contributed by atoms with Gasteiger partial charge in [-0.15, -0.1) is 0 Å². The first-order valence-corrected chi connectivity index (χ1v) is 10.9. The van der Waals surface area contributed by atoms with Gasteiger partial charge < -0.3 is 37.6 Å². The summed E-state index contributed by atoms with van der Waals surface area (Å²) in [6.45, 7) is 0. The molecule has 0 saturated heterocycles. The number of aliphatic carboxylic acids is 1. The van der Waals surface area contributed by atoms with Crippen molar-refractivity contribution in [2.24, 2.45) is 11.5 Å². The van der Waals surface area contributed by atoms with Gasteiger partial charge in [-0.25, -0.2) is 4.79 Å². The number of benzene rings is 1. The molecule has 1 rings (SSSR count). The number of hydrogen-bond acceptors (Lipinski definition) is 9. The van der Waals surface area contributed by atoms with Gasteiger partial charge in [0.15, 0.2) is 0 Å². The van der Waals surface area contributed by atoms with Crippen molar-refractivity contribution in [1.82, 2.24) is 16.0 Å². The molecular weight excluding hydrogens is 474 g/mol. The molecule has 14 heteroatoms. The number of aromatic hydroxyl groups is 1. The molecule has 4 amide bonds. The predicted molar refractivity (Wildman–Crippen MR) is 125 cm³/mol. The highest BCUT2D eigenvalue weighted by atomic mass is 32.1. The Morgan fingerprint density at radius 1 is 0.848 bits per heavy atom. The maximum absolute atomic E-state index is 12.9. The van der Waals surface area contributed by atoms with E-state index in [4.69, 9.17) is 16.6 Å². The summed E-state index contributed by atoms with van der Waals surface area (Å²) in [6.07, 6.45) is -0.664. The van der Waals surface area contributed by atoms with Crippen LogP contribution in [0.4, 0.5) is 0 Å². The number of carbonyl (C=O) groups is 5. The fourth-order valence-corrected chi connectivity index (χ4v) is 2.99. The summed E-state index contributed by atoms with van der Waals surface area (Å²) < 4.78 is 0. The van der Waals surface area contributed by atoms with E-state index in [1.807, 2.05) is 0 Å². The summed E-state index contributed by atoms with van der Waals surface area (Å²) in [6, 6.07) is 0.715. The number of phenols is 1. The summed E-state index contributed by atoms with van der Waals surface area (Å²) in [5.41, 5.74) is 11.4. The lowest BCUT2D eigenvalue weighted by Crippen LogP contribution is -2.58. The number of carboxylic acid groups (broad SMARTS) is 1. The van der Waals surface area contributed by atoms with Crippen molar-refractivity contribution in [2.75, 3.05) is 11.5 Å². The lowest BCUT2D eigenvalue weighted by Gasteiger charge is -2.24. The zero-order chi connectivity index (χ0) is 25.1. The molecule has 0 spiro atoms. The minimum Gasteiger partial charge on any atom is -0.508 e. The van der Waals surface area contributed by atoms with E-state index in [0.29, 0.717) is 5.56 Å². The van der Waals surface area contributed by atoms with Gasteiger partial charge in [-0.3, -0.25) is 19.2 Å². The van der Waals surface area contributed by atoms with Gasteiger partial charge in [-0.1, -0.05) is 12.1 Å². The number of carboxylic acids is 1. The summed E-state index contributed by atoms with van der Waals surface area (Å²) in [4.78, 5) is 60.3. The van der Waals surface area contributed by atoms with Crippen LogP contribution in [0.5, 0.6) is 5.75 Å². The SMILES string of the molecule is NC(=O)CC(NC(=O)C(Cc1ccc(O)cc1)NC(=O)C(N)CS)C(=O)NC(CS)C(=O)O. The van der Waals surface area contributed by atoms with Crippen LogP contribution in [-0.4, -0.2) is 75.5 Å². The van der Waals surface area contributed by atoms with E-state index in [1.54, 1.807) is 0 Å². The zero-order valence-electron chi connectivity index (χ0n) is 17.4. The zero-order valence-corrected chi connectivity index (χ0v) is 19.2. The Hall–Kier alpha value is -2.97. The molecule has 0 bridgehead atoms. The average molecular weight is 502 g/mol. The van der Waals surface area contributed by atoms with Gasteiger partial charge in [-0.05, 0) is 17.7 Å². The highest BCUT2D eigenvalue weighted by Gasteiger charge is 2.31. The molecule has 1 aromatic carbocycles. The third-order valence-corrected chi connectivity index (χ3v) is 5.14. The molecule has 182 valence electrons. The average Bonchev–Trinajstić information content (AvgIpc) is 2.76. The van der Waals surface area contributed by atoms with Crippen LogP contribution in [0.2, 0.25) is 0 Å². The maximum atomic E-state index is 12.9. The number of thiol groups is 2.